The quantitative estimate of drug-likeness (QED) is 0.227. The van der Waals surface area contributed by atoms with Gasteiger partial charge in [0.2, 0.25) is 0 Å². The van der Waals surface area contributed by atoms with Crippen molar-refractivity contribution in [1.82, 2.24) is 15.4 Å². The van der Waals surface area contributed by atoms with Crippen LogP contribution in [0.4, 0.5) is 5.69 Å². The molecule has 0 fully saturated rings. The number of hydrogen-bond donors (Lipinski definition) is 3. The van der Waals surface area contributed by atoms with E-state index in [0.29, 0.717) is 11.3 Å². The fourth-order valence-corrected chi connectivity index (χ4v) is 2.99. The normalized spacial score (nSPS) is 11.0. The second kappa shape index (κ2) is 5.94. The fraction of sp³-hybridized carbons (Fsp3) is 0. The predicted octanol–water partition coefficient (Wildman–Crippen LogP) is 2.89. The van der Waals surface area contributed by atoms with Crippen molar-refractivity contribution >= 4 is 33.4 Å². The van der Waals surface area contributed by atoms with E-state index in [-0.39, 0.29) is 11.4 Å². The summed E-state index contributed by atoms with van der Waals surface area (Å²) in [6.07, 6.45) is 0. The van der Waals surface area contributed by atoms with Crippen molar-refractivity contribution in [2.24, 2.45) is 5.84 Å². The number of nitro benzene ring substituents is 1. The van der Waals surface area contributed by atoms with Gasteiger partial charge in [-0.1, -0.05) is 18.2 Å². The van der Waals surface area contributed by atoms with Crippen LogP contribution in [0, 0.1) is 10.1 Å². The number of aromatic nitrogens is 2. The zero-order chi connectivity index (χ0) is 18.3. The van der Waals surface area contributed by atoms with Gasteiger partial charge < -0.3 is 4.98 Å². The molecule has 4 N–H and O–H groups in total. The van der Waals surface area contributed by atoms with Crippen LogP contribution in [0.15, 0.2) is 54.6 Å². The third-order valence-corrected chi connectivity index (χ3v) is 4.21. The van der Waals surface area contributed by atoms with E-state index in [0.717, 1.165) is 21.8 Å². The van der Waals surface area contributed by atoms with Crippen molar-refractivity contribution in [2.75, 3.05) is 0 Å². The zero-order valence-corrected chi connectivity index (χ0v) is 13.4. The minimum absolute atomic E-state index is 0.0162. The van der Waals surface area contributed by atoms with E-state index in [1.165, 1.54) is 12.1 Å². The number of nitrogens with two attached hydrogens (primary N) is 1. The second-order valence-electron chi connectivity index (χ2n) is 5.73. The average Bonchev–Trinajstić information content (AvgIpc) is 3.05. The summed E-state index contributed by atoms with van der Waals surface area (Å²) in [4.78, 5) is 30.2. The number of pyridine rings is 1. The van der Waals surface area contributed by atoms with Gasteiger partial charge in [-0.25, -0.2) is 10.8 Å². The Morgan fingerprint density at radius 1 is 1.12 bits per heavy atom. The first-order valence-electron chi connectivity index (χ1n) is 7.75. The number of nitro groups is 1. The SMILES string of the molecule is NNC(=O)c1cc2c([nH]c3ccccc32)c(-c2ccc([N+](=O)[O-])cc2)n1. The smallest absolute Gasteiger partial charge is 0.283 e. The molecular weight excluding hydrogens is 334 g/mol. The van der Waals surface area contributed by atoms with Gasteiger partial charge in [0.25, 0.3) is 11.6 Å². The lowest BCUT2D eigenvalue weighted by atomic mass is 10.1. The second-order valence-corrected chi connectivity index (χ2v) is 5.73. The lowest BCUT2D eigenvalue weighted by molar-refractivity contribution is -0.384. The first-order chi connectivity index (χ1) is 12.6. The first kappa shape index (κ1) is 15.7. The van der Waals surface area contributed by atoms with E-state index in [1.54, 1.807) is 18.2 Å². The molecule has 1 amide bonds. The maximum absolute atomic E-state index is 12.0. The highest BCUT2D eigenvalue weighted by molar-refractivity contribution is 6.13. The molecule has 2 aromatic heterocycles. The Kier molecular flexibility index (Phi) is 3.59. The predicted molar refractivity (Wildman–Crippen MR) is 97.3 cm³/mol. The van der Waals surface area contributed by atoms with E-state index in [9.17, 15) is 14.9 Å². The maximum Gasteiger partial charge on any atom is 0.283 e. The van der Waals surface area contributed by atoms with Gasteiger partial charge in [0.15, 0.2) is 0 Å². The van der Waals surface area contributed by atoms with Crippen molar-refractivity contribution in [2.45, 2.75) is 0 Å². The standard InChI is InChI=1S/C18H13N5O3/c19-22-18(24)15-9-13-12-3-1-2-4-14(12)20-17(13)16(21-15)10-5-7-11(8-6-10)23(25)26/h1-9,20H,19H2,(H,22,24). The van der Waals surface area contributed by atoms with E-state index >= 15 is 0 Å². The number of amides is 1. The minimum Gasteiger partial charge on any atom is -0.353 e. The number of hydrogen-bond acceptors (Lipinski definition) is 5. The van der Waals surface area contributed by atoms with Crippen molar-refractivity contribution in [3.05, 3.63) is 70.4 Å². The number of hydrazine groups is 1. The Morgan fingerprint density at radius 2 is 1.85 bits per heavy atom. The van der Waals surface area contributed by atoms with Gasteiger partial charge in [0, 0.05) is 34.0 Å². The van der Waals surface area contributed by atoms with Gasteiger partial charge >= 0.3 is 0 Å². The number of nitrogens with one attached hydrogen (secondary N) is 2. The number of nitrogens with zero attached hydrogens (tertiary/aromatic N) is 2. The molecule has 0 bridgehead atoms. The number of benzene rings is 2. The Hall–Kier alpha value is -3.78. The summed E-state index contributed by atoms with van der Waals surface area (Å²) in [5, 5.41) is 12.6. The molecule has 2 heterocycles. The number of para-hydroxylation sites is 1. The Labute approximate surface area is 146 Å². The van der Waals surface area contributed by atoms with Gasteiger partial charge in [-0.2, -0.15) is 0 Å². The van der Waals surface area contributed by atoms with Crippen LogP contribution in [0.25, 0.3) is 33.1 Å². The van der Waals surface area contributed by atoms with Gasteiger partial charge in [-0.05, 0) is 24.3 Å². The summed E-state index contributed by atoms with van der Waals surface area (Å²) in [6, 6.07) is 15.4. The van der Waals surface area contributed by atoms with Crippen molar-refractivity contribution in [3.63, 3.8) is 0 Å². The lowest BCUT2D eigenvalue weighted by Gasteiger charge is -2.06. The van der Waals surface area contributed by atoms with Crippen molar-refractivity contribution in [1.29, 1.82) is 0 Å². The summed E-state index contributed by atoms with van der Waals surface area (Å²) < 4.78 is 0. The van der Waals surface area contributed by atoms with Crippen LogP contribution in [-0.2, 0) is 0 Å². The number of non-ortho nitro benzene ring substituents is 1. The van der Waals surface area contributed by atoms with Crippen LogP contribution in [0.1, 0.15) is 10.5 Å². The number of nitrogen functional groups attached to an aromatic ring is 1. The summed E-state index contributed by atoms with van der Waals surface area (Å²) in [5.41, 5.74) is 5.05. The van der Waals surface area contributed by atoms with E-state index < -0.39 is 10.8 Å². The molecule has 0 atom stereocenters. The molecule has 0 aliphatic heterocycles. The summed E-state index contributed by atoms with van der Waals surface area (Å²) in [6.45, 7) is 0. The molecule has 0 aliphatic carbocycles. The van der Waals surface area contributed by atoms with E-state index in [2.05, 4.69) is 15.4 Å². The number of fused-ring (bicyclic) bond motifs is 3. The molecule has 128 valence electrons. The minimum atomic E-state index is -0.514. The third kappa shape index (κ3) is 2.45. The van der Waals surface area contributed by atoms with Crippen LogP contribution in [0.2, 0.25) is 0 Å². The molecule has 0 saturated heterocycles. The van der Waals surface area contributed by atoms with Gasteiger partial charge in [-0.15, -0.1) is 0 Å². The third-order valence-electron chi connectivity index (χ3n) is 4.21. The van der Waals surface area contributed by atoms with Crippen LogP contribution < -0.4 is 11.3 Å². The summed E-state index contributed by atoms with van der Waals surface area (Å²) in [7, 11) is 0. The van der Waals surface area contributed by atoms with Crippen LogP contribution in [0.3, 0.4) is 0 Å². The Morgan fingerprint density at radius 3 is 2.54 bits per heavy atom. The molecule has 0 spiro atoms. The largest absolute Gasteiger partial charge is 0.353 e. The monoisotopic (exact) mass is 347 g/mol. The van der Waals surface area contributed by atoms with E-state index in [1.807, 2.05) is 24.3 Å². The molecule has 8 nitrogen and oxygen atoms in total. The Bertz CT molecular complexity index is 1160. The molecule has 4 aromatic rings. The van der Waals surface area contributed by atoms with E-state index in [4.69, 9.17) is 5.84 Å². The van der Waals surface area contributed by atoms with Crippen molar-refractivity contribution in [3.8, 4) is 11.3 Å². The van der Waals surface area contributed by atoms with Gasteiger partial charge in [0.1, 0.15) is 5.69 Å². The molecule has 2 aromatic carbocycles. The highest BCUT2D eigenvalue weighted by atomic mass is 16.6. The fourth-order valence-electron chi connectivity index (χ4n) is 2.99. The van der Waals surface area contributed by atoms with Crippen LogP contribution in [-0.4, -0.2) is 20.8 Å². The zero-order valence-electron chi connectivity index (χ0n) is 13.4. The van der Waals surface area contributed by atoms with Crippen LogP contribution in [0.5, 0.6) is 0 Å². The summed E-state index contributed by atoms with van der Waals surface area (Å²) >= 11 is 0. The Balaban J connectivity index is 2.02. The maximum atomic E-state index is 12.0. The molecular formula is C18H13N5O3. The lowest BCUT2D eigenvalue weighted by Crippen LogP contribution is -2.30. The molecule has 4 rings (SSSR count). The molecule has 0 aliphatic rings. The number of carbonyl (C=O) groups excluding carboxylic acids is 1. The number of aromatic amines is 1. The van der Waals surface area contributed by atoms with Crippen molar-refractivity contribution < 1.29 is 9.72 Å². The highest BCUT2D eigenvalue weighted by Gasteiger charge is 2.17. The van der Waals surface area contributed by atoms with Gasteiger partial charge in [0.05, 0.1) is 16.1 Å². The number of H-pyrrole nitrogens is 1. The molecule has 0 radical (unpaired) electrons. The molecule has 0 saturated carbocycles. The van der Waals surface area contributed by atoms with Gasteiger partial charge in [-0.3, -0.25) is 20.3 Å². The number of rotatable bonds is 3. The molecule has 0 unspecified atom stereocenters. The number of carbonyl (C=O) groups is 1. The molecule has 8 heteroatoms. The topological polar surface area (TPSA) is 127 Å². The summed E-state index contributed by atoms with van der Waals surface area (Å²) in [5.74, 6) is 4.74. The molecule has 26 heavy (non-hydrogen) atoms. The average molecular weight is 347 g/mol. The van der Waals surface area contributed by atoms with Crippen LogP contribution >= 0.6 is 0 Å². The highest BCUT2D eigenvalue weighted by Crippen LogP contribution is 2.33. The first-order valence-corrected chi connectivity index (χ1v) is 7.75.